The van der Waals surface area contributed by atoms with Gasteiger partial charge in [-0.05, 0) is 33.8 Å². The van der Waals surface area contributed by atoms with Gasteiger partial charge in [0, 0.05) is 23.4 Å². The Hall–Kier alpha value is -0.815. The van der Waals surface area contributed by atoms with Gasteiger partial charge in [-0.3, -0.25) is 5.32 Å². The molecule has 3 rings (SSSR count). The lowest BCUT2D eigenvalue weighted by atomic mass is 9.85. The molecule has 1 aromatic heterocycles. The largest absolute Gasteiger partial charge is 0.512 e. The van der Waals surface area contributed by atoms with Crippen LogP contribution >= 0.6 is 0 Å². The van der Waals surface area contributed by atoms with Crippen molar-refractivity contribution in [1.82, 2.24) is 10.3 Å². The SMILES string of the molecule is CC1(C)OB(c2cc3c([nH]2)CNC3O)OC1(C)C. The molecule has 3 heterocycles. The standard InChI is InChI=1S/C12H19BN2O3/c1-11(2)12(3,4)18-13(17-11)9-5-7-8(15-9)6-14-10(7)16/h5,10,14-16H,6H2,1-4H3. The molecule has 0 amide bonds. The highest BCUT2D eigenvalue weighted by molar-refractivity contribution is 6.61. The molecule has 0 aromatic carbocycles. The Bertz CT molecular complexity index is 468. The summed E-state index contributed by atoms with van der Waals surface area (Å²) in [5.41, 5.74) is 2.08. The maximum atomic E-state index is 9.73. The second-order valence-corrected chi connectivity index (χ2v) is 6.03. The second kappa shape index (κ2) is 3.60. The van der Waals surface area contributed by atoms with Crippen LogP contribution in [0.4, 0.5) is 0 Å². The average Bonchev–Trinajstić information content (AvgIpc) is 2.84. The fourth-order valence-electron chi connectivity index (χ4n) is 2.33. The van der Waals surface area contributed by atoms with E-state index >= 15 is 0 Å². The molecular formula is C12H19BN2O3. The first-order valence-electron chi connectivity index (χ1n) is 6.29. The molecule has 0 aliphatic carbocycles. The van der Waals surface area contributed by atoms with Crippen LogP contribution in [0.25, 0.3) is 0 Å². The Morgan fingerprint density at radius 2 is 1.89 bits per heavy atom. The summed E-state index contributed by atoms with van der Waals surface area (Å²) in [6, 6.07) is 1.92. The Kier molecular flexibility index (Phi) is 2.45. The van der Waals surface area contributed by atoms with Gasteiger partial charge >= 0.3 is 7.12 Å². The van der Waals surface area contributed by atoms with Crippen molar-refractivity contribution < 1.29 is 14.4 Å². The zero-order valence-corrected chi connectivity index (χ0v) is 11.2. The molecule has 3 N–H and O–H groups in total. The number of H-pyrrole nitrogens is 1. The molecule has 0 radical (unpaired) electrons. The Labute approximate surface area is 107 Å². The molecule has 0 spiro atoms. The fourth-order valence-corrected chi connectivity index (χ4v) is 2.33. The molecule has 2 aliphatic rings. The van der Waals surface area contributed by atoms with Crippen molar-refractivity contribution in [2.24, 2.45) is 0 Å². The van der Waals surface area contributed by atoms with Crippen molar-refractivity contribution in [3.05, 3.63) is 17.3 Å². The molecule has 1 atom stereocenters. The van der Waals surface area contributed by atoms with Gasteiger partial charge in [0.05, 0.1) is 11.2 Å². The van der Waals surface area contributed by atoms with Crippen LogP contribution in [-0.4, -0.2) is 28.4 Å². The van der Waals surface area contributed by atoms with E-state index in [1.165, 1.54) is 0 Å². The van der Waals surface area contributed by atoms with Gasteiger partial charge in [-0.25, -0.2) is 0 Å². The smallest absolute Gasteiger partial charge is 0.398 e. The minimum Gasteiger partial charge on any atom is -0.398 e. The van der Waals surface area contributed by atoms with Gasteiger partial charge in [0.2, 0.25) is 0 Å². The lowest BCUT2D eigenvalue weighted by Crippen LogP contribution is -2.41. The van der Waals surface area contributed by atoms with Crippen LogP contribution in [0.1, 0.15) is 45.2 Å². The number of hydrogen-bond acceptors (Lipinski definition) is 4. The van der Waals surface area contributed by atoms with Crippen LogP contribution in [0.3, 0.4) is 0 Å². The highest BCUT2D eigenvalue weighted by atomic mass is 16.7. The number of hydrogen-bond donors (Lipinski definition) is 3. The molecule has 98 valence electrons. The Morgan fingerprint density at radius 1 is 1.28 bits per heavy atom. The molecule has 1 aromatic rings. The third-order valence-corrected chi connectivity index (χ3v) is 4.23. The molecule has 1 fully saturated rings. The summed E-state index contributed by atoms with van der Waals surface area (Å²) in [7, 11) is -0.396. The highest BCUT2D eigenvalue weighted by Crippen LogP contribution is 2.36. The molecule has 0 bridgehead atoms. The van der Waals surface area contributed by atoms with Crippen molar-refractivity contribution in [2.45, 2.75) is 51.7 Å². The van der Waals surface area contributed by atoms with E-state index in [1.807, 2.05) is 33.8 Å². The minimum absolute atomic E-state index is 0.343. The predicted molar refractivity (Wildman–Crippen MR) is 68.3 cm³/mol. The minimum atomic E-state index is -0.590. The van der Waals surface area contributed by atoms with E-state index in [0.717, 1.165) is 16.9 Å². The van der Waals surface area contributed by atoms with E-state index in [2.05, 4.69) is 10.3 Å². The number of nitrogens with one attached hydrogen (secondary N) is 2. The van der Waals surface area contributed by atoms with Gasteiger partial charge in [0.1, 0.15) is 6.23 Å². The van der Waals surface area contributed by atoms with Crippen LogP contribution in [0.5, 0.6) is 0 Å². The molecule has 0 saturated carbocycles. The lowest BCUT2D eigenvalue weighted by molar-refractivity contribution is 0.00578. The molecule has 6 heteroatoms. The van der Waals surface area contributed by atoms with Crippen molar-refractivity contribution in [2.75, 3.05) is 0 Å². The normalized spacial score (nSPS) is 28.7. The second-order valence-electron chi connectivity index (χ2n) is 6.03. The third-order valence-electron chi connectivity index (χ3n) is 4.23. The van der Waals surface area contributed by atoms with Gasteiger partial charge in [-0.15, -0.1) is 0 Å². The number of aromatic amines is 1. The molecule has 5 nitrogen and oxygen atoms in total. The van der Waals surface area contributed by atoms with Crippen molar-refractivity contribution >= 4 is 12.7 Å². The van der Waals surface area contributed by atoms with Gasteiger partial charge in [0.15, 0.2) is 0 Å². The van der Waals surface area contributed by atoms with Gasteiger partial charge in [-0.2, -0.15) is 0 Å². The number of rotatable bonds is 1. The van der Waals surface area contributed by atoms with Crippen molar-refractivity contribution in [1.29, 1.82) is 0 Å². The van der Waals surface area contributed by atoms with E-state index in [-0.39, 0.29) is 11.2 Å². The van der Waals surface area contributed by atoms with E-state index in [1.54, 1.807) is 0 Å². The van der Waals surface area contributed by atoms with Crippen LogP contribution in [-0.2, 0) is 15.9 Å². The van der Waals surface area contributed by atoms with Gasteiger partial charge < -0.3 is 19.4 Å². The number of aliphatic hydroxyl groups excluding tert-OH is 1. The highest BCUT2D eigenvalue weighted by Gasteiger charge is 2.52. The van der Waals surface area contributed by atoms with E-state index < -0.39 is 13.3 Å². The van der Waals surface area contributed by atoms with E-state index in [9.17, 15) is 5.11 Å². The van der Waals surface area contributed by atoms with Crippen molar-refractivity contribution in [3.63, 3.8) is 0 Å². The van der Waals surface area contributed by atoms with Crippen molar-refractivity contribution in [3.8, 4) is 0 Å². The topological polar surface area (TPSA) is 66.5 Å². The monoisotopic (exact) mass is 250 g/mol. The maximum Gasteiger partial charge on any atom is 0.512 e. The summed E-state index contributed by atoms with van der Waals surface area (Å²) < 4.78 is 11.9. The summed E-state index contributed by atoms with van der Waals surface area (Å²) in [5, 5.41) is 12.7. The van der Waals surface area contributed by atoms with Crippen LogP contribution in [0.15, 0.2) is 6.07 Å². The number of fused-ring (bicyclic) bond motifs is 1. The Balaban J connectivity index is 1.88. The van der Waals surface area contributed by atoms with Crippen LogP contribution < -0.4 is 10.9 Å². The first-order chi connectivity index (χ1) is 8.30. The molecule has 18 heavy (non-hydrogen) atoms. The summed E-state index contributed by atoms with van der Waals surface area (Å²) in [6.45, 7) is 8.76. The average molecular weight is 250 g/mol. The summed E-state index contributed by atoms with van der Waals surface area (Å²) >= 11 is 0. The van der Waals surface area contributed by atoms with E-state index in [4.69, 9.17) is 9.31 Å². The quantitative estimate of drug-likeness (QED) is 0.631. The molecule has 1 unspecified atom stereocenters. The van der Waals surface area contributed by atoms with Crippen LogP contribution in [0, 0.1) is 0 Å². The Morgan fingerprint density at radius 3 is 2.44 bits per heavy atom. The predicted octanol–water partition coefficient (Wildman–Crippen LogP) is 0.408. The first-order valence-corrected chi connectivity index (χ1v) is 6.29. The number of aliphatic hydroxyl groups is 1. The fraction of sp³-hybridized carbons (Fsp3) is 0.667. The summed E-state index contributed by atoms with van der Waals surface area (Å²) in [4.78, 5) is 3.27. The zero-order chi connectivity index (χ0) is 13.1. The first kappa shape index (κ1) is 12.2. The summed E-state index contributed by atoms with van der Waals surface area (Å²) in [6.07, 6.45) is -0.590. The summed E-state index contributed by atoms with van der Waals surface area (Å²) in [5.74, 6) is 0. The number of aromatic nitrogens is 1. The van der Waals surface area contributed by atoms with Gasteiger partial charge in [0.25, 0.3) is 0 Å². The third kappa shape index (κ3) is 1.64. The molecule has 1 saturated heterocycles. The van der Waals surface area contributed by atoms with Crippen LogP contribution in [0.2, 0.25) is 0 Å². The zero-order valence-electron chi connectivity index (χ0n) is 11.2. The molecular weight excluding hydrogens is 231 g/mol. The maximum absolute atomic E-state index is 9.73. The molecule has 2 aliphatic heterocycles. The lowest BCUT2D eigenvalue weighted by Gasteiger charge is -2.32. The van der Waals surface area contributed by atoms with Gasteiger partial charge in [-0.1, -0.05) is 0 Å². The van der Waals surface area contributed by atoms with E-state index in [0.29, 0.717) is 6.54 Å².